The smallest absolute Gasteiger partial charge is 0.335 e. The third-order valence-corrected chi connectivity index (χ3v) is 3.74. The Hall–Kier alpha value is -1.72. The van der Waals surface area contributed by atoms with Gasteiger partial charge in [-0.05, 0) is 24.6 Å². The number of thiazole rings is 1. The van der Waals surface area contributed by atoms with Gasteiger partial charge in [-0.1, -0.05) is 12.1 Å². The van der Waals surface area contributed by atoms with Gasteiger partial charge in [-0.25, -0.2) is 9.78 Å². The van der Waals surface area contributed by atoms with E-state index >= 15 is 0 Å². The number of carbonyl (C=O) groups is 1. The van der Waals surface area contributed by atoms with E-state index in [-0.39, 0.29) is 0 Å². The van der Waals surface area contributed by atoms with Crippen LogP contribution in [0, 0.1) is 6.92 Å². The molecule has 2 aromatic rings. The first kappa shape index (κ1) is 13.7. The number of carboxylic acid groups (broad SMARTS) is 1. The molecule has 0 unspecified atom stereocenters. The lowest BCUT2D eigenvalue weighted by atomic mass is 10.1. The molecule has 0 aliphatic carbocycles. The van der Waals surface area contributed by atoms with E-state index in [2.05, 4.69) is 15.7 Å². The molecule has 4 nitrogen and oxygen atoms in total. The normalized spacial score (nSPS) is 10.6. The van der Waals surface area contributed by atoms with Gasteiger partial charge in [-0.2, -0.15) is 0 Å². The van der Waals surface area contributed by atoms with Crippen molar-refractivity contribution >= 4 is 17.3 Å². The summed E-state index contributed by atoms with van der Waals surface area (Å²) in [5.74, 6) is -0.890. The molecule has 0 saturated heterocycles. The van der Waals surface area contributed by atoms with Crippen LogP contribution in [0.15, 0.2) is 29.6 Å². The van der Waals surface area contributed by atoms with Crippen LogP contribution in [0.3, 0.4) is 0 Å². The predicted octanol–water partition coefficient (Wildman–Crippen LogP) is 2.48. The molecule has 19 heavy (non-hydrogen) atoms. The van der Waals surface area contributed by atoms with E-state index in [9.17, 15) is 4.79 Å². The number of nitrogens with one attached hydrogen (secondary N) is 1. The second-order valence-electron chi connectivity index (χ2n) is 4.31. The Balaban J connectivity index is 1.75. The van der Waals surface area contributed by atoms with E-state index in [1.807, 2.05) is 19.1 Å². The molecule has 0 amide bonds. The SMILES string of the molecule is Cc1csc(CCNCc2ccc(C(=O)O)cc2)n1. The molecular weight excluding hydrogens is 260 g/mol. The first-order valence-electron chi connectivity index (χ1n) is 6.09. The summed E-state index contributed by atoms with van der Waals surface area (Å²) in [5.41, 5.74) is 2.48. The van der Waals surface area contributed by atoms with Gasteiger partial charge in [0.05, 0.1) is 10.6 Å². The maximum atomic E-state index is 10.7. The Bertz CT molecular complexity index is 549. The minimum Gasteiger partial charge on any atom is -0.478 e. The molecule has 0 aliphatic rings. The first-order valence-corrected chi connectivity index (χ1v) is 6.97. The van der Waals surface area contributed by atoms with Crippen LogP contribution in [0.2, 0.25) is 0 Å². The highest BCUT2D eigenvalue weighted by Gasteiger charge is 2.02. The van der Waals surface area contributed by atoms with E-state index in [1.54, 1.807) is 23.5 Å². The summed E-state index contributed by atoms with van der Waals surface area (Å²) in [6.07, 6.45) is 0.922. The number of aryl methyl sites for hydroxylation is 1. The fraction of sp³-hybridized carbons (Fsp3) is 0.286. The Morgan fingerprint density at radius 3 is 2.68 bits per heavy atom. The molecule has 2 N–H and O–H groups in total. The van der Waals surface area contributed by atoms with Crippen molar-refractivity contribution < 1.29 is 9.90 Å². The van der Waals surface area contributed by atoms with Gasteiger partial charge in [0, 0.05) is 30.6 Å². The Kier molecular flexibility index (Phi) is 4.65. The van der Waals surface area contributed by atoms with E-state index < -0.39 is 5.97 Å². The fourth-order valence-corrected chi connectivity index (χ4v) is 2.49. The average molecular weight is 276 g/mol. The molecule has 0 spiro atoms. The molecule has 0 fully saturated rings. The molecule has 0 saturated carbocycles. The molecular formula is C14H16N2O2S. The molecule has 100 valence electrons. The number of rotatable bonds is 6. The average Bonchev–Trinajstić information content (AvgIpc) is 2.81. The minimum absolute atomic E-state index is 0.321. The molecule has 1 aromatic carbocycles. The number of aromatic carboxylic acids is 1. The van der Waals surface area contributed by atoms with Crippen LogP contribution in [0.5, 0.6) is 0 Å². The number of hydrogen-bond donors (Lipinski definition) is 2. The van der Waals surface area contributed by atoms with Crippen molar-refractivity contribution in [1.29, 1.82) is 0 Å². The van der Waals surface area contributed by atoms with Gasteiger partial charge >= 0.3 is 5.97 Å². The molecule has 0 aliphatic heterocycles. The largest absolute Gasteiger partial charge is 0.478 e. The molecule has 0 radical (unpaired) electrons. The van der Waals surface area contributed by atoms with Gasteiger partial charge in [0.15, 0.2) is 0 Å². The zero-order valence-corrected chi connectivity index (χ0v) is 11.5. The van der Waals surface area contributed by atoms with Crippen molar-refractivity contribution in [3.63, 3.8) is 0 Å². The number of hydrogen-bond acceptors (Lipinski definition) is 4. The maximum absolute atomic E-state index is 10.7. The molecule has 1 heterocycles. The van der Waals surface area contributed by atoms with Crippen molar-refractivity contribution in [3.05, 3.63) is 51.5 Å². The van der Waals surface area contributed by atoms with Gasteiger partial charge in [0.2, 0.25) is 0 Å². The second kappa shape index (κ2) is 6.45. The summed E-state index contributed by atoms with van der Waals surface area (Å²) in [4.78, 5) is 15.1. The summed E-state index contributed by atoms with van der Waals surface area (Å²) in [6, 6.07) is 6.93. The minimum atomic E-state index is -0.890. The summed E-state index contributed by atoms with van der Waals surface area (Å²) >= 11 is 1.68. The topological polar surface area (TPSA) is 62.2 Å². The van der Waals surface area contributed by atoms with Crippen LogP contribution >= 0.6 is 11.3 Å². The number of carboxylic acids is 1. The lowest BCUT2D eigenvalue weighted by Crippen LogP contribution is -2.16. The zero-order valence-electron chi connectivity index (χ0n) is 10.7. The Labute approximate surface area is 116 Å². The van der Waals surface area contributed by atoms with Crippen molar-refractivity contribution in [2.45, 2.75) is 19.9 Å². The highest BCUT2D eigenvalue weighted by Crippen LogP contribution is 2.09. The van der Waals surface area contributed by atoms with Crippen LogP contribution in [-0.4, -0.2) is 22.6 Å². The van der Waals surface area contributed by atoms with Crippen LogP contribution in [0.1, 0.15) is 26.6 Å². The highest BCUT2D eigenvalue weighted by molar-refractivity contribution is 7.09. The summed E-state index contributed by atoms with van der Waals surface area (Å²) < 4.78 is 0. The maximum Gasteiger partial charge on any atom is 0.335 e. The summed E-state index contributed by atoms with van der Waals surface area (Å²) in [7, 11) is 0. The van der Waals surface area contributed by atoms with Gasteiger partial charge in [-0.3, -0.25) is 0 Å². The van der Waals surface area contributed by atoms with Crippen LogP contribution in [0.25, 0.3) is 0 Å². The first-order chi connectivity index (χ1) is 9.15. The van der Waals surface area contributed by atoms with Gasteiger partial charge < -0.3 is 10.4 Å². The third kappa shape index (κ3) is 4.15. The van der Waals surface area contributed by atoms with Gasteiger partial charge in [0.1, 0.15) is 0 Å². The van der Waals surface area contributed by atoms with E-state index in [0.29, 0.717) is 5.56 Å². The highest BCUT2D eigenvalue weighted by atomic mass is 32.1. The lowest BCUT2D eigenvalue weighted by Gasteiger charge is -2.04. The van der Waals surface area contributed by atoms with E-state index in [1.165, 1.54) is 0 Å². The third-order valence-electron chi connectivity index (χ3n) is 2.71. The summed E-state index contributed by atoms with van der Waals surface area (Å²) in [5, 5.41) is 15.3. The Morgan fingerprint density at radius 2 is 2.11 bits per heavy atom. The second-order valence-corrected chi connectivity index (χ2v) is 5.25. The molecule has 5 heteroatoms. The number of nitrogens with zero attached hydrogens (tertiary/aromatic N) is 1. The van der Waals surface area contributed by atoms with Crippen molar-refractivity contribution in [2.75, 3.05) is 6.54 Å². The molecule has 1 aromatic heterocycles. The number of benzene rings is 1. The Morgan fingerprint density at radius 1 is 1.37 bits per heavy atom. The molecule has 2 rings (SSSR count). The summed E-state index contributed by atoms with van der Waals surface area (Å²) in [6.45, 7) is 3.61. The van der Waals surface area contributed by atoms with Crippen molar-refractivity contribution in [2.24, 2.45) is 0 Å². The quantitative estimate of drug-likeness (QED) is 0.796. The van der Waals surface area contributed by atoms with Gasteiger partial charge in [0.25, 0.3) is 0 Å². The van der Waals surface area contributed by atoms with E-state index in [4.69, 9.17) is 5.11 Å². The fourth-order valence-electron chi connectivity index (χ4n) is 1.71. The molecule has 0 atom stereocenters. The lowest BCUT2D eigenvalue weighted by molar-refractivity contribution is 0.0697. The number of aromatic nitrogens is 1. The van der Waals surface area contributed by atoms with Crippen LogP contribution in [-0.2, 0) is 13.0 Å². The van der Waals surface area contributed by atoms with Gasteiger partial charge in [-0.15, -0.1) is 11.3 Å². The predicted molar refractivity (Wildman–Crippen MR) is 75.7 cm³/mol. The van der Waals surface area contributed by atoms with Crippen LogP contribution < -0.4 is 5.32 Å². The van der Waals surface area contributed by atoms with Crippen molar-refractivity contribution in [3.8, 4) is 0 Å². The zero-order chi connectivity index (χ0) is 13.7. The standard InChI is InChI=1S/C14H16N2O2S/c1-10-9-19-13(16-10)6-7-15-8-11-2-4-12(5-3-11)14(17)18/h2-5,9,15H,6-8H2,1H3,(H,17,18). The molecule has 0 bridgehead atoms. The monoisotopic (exact) mass is 276 g/mol. The van der Waals surface area contributed by atoms with Crippen molar-refractivity contribution in [1.82, 2.24) is 10.3 Å². The van der Waals surface area contributed by atoms with E-state index in [0.717, 1.165) is 35.8 Å². The van der Waals surface area contributed by atoms with Crippen LogP contribution in [0.4, 0.5) is 0 Å².